The minimum Gasteiger partial charge on any atom is -0.394 e. The standard InChI is InChI=1S/C10H18N4O2S/c1-6(5-15)11-8(16)12-9-14-13-7(17-9)10(2,3)4/h6,15H,5H2,1-4H3,(H2,11,12,14,16). The molecule has 0 saturated heterocycles. The minimum atomic E-state index is -0.386. The first kappa shape index (κ1) is 13.9. The van der Waals surface area contributed by atoms with Crippen molar-refractivity contribution in [2.24, 2.45) is 0 Å². The summed E-state index contributed by atoms with van der Waals surface area (Å²) in [5, 5.41) is 23.2. The normalized spacial score (nSPS) is 13.2. The number of carbonyl (C=O) groups is 1. The summed E-state index contributed by atoms with van der Waals surface area (Å²) in [6, 6.07) is -0.673. The highest BCUT2D eigenvalue weighted by molar-refractivity contribution is 7.15. The van der Waals surface area contributed by atoms with E-state index in [2.05, 4.69) is 20.8 Å². The summed E-state index contributed by atoms with van der Waals surface area (Å²) in [7, 11) is 0. The number of urea groups is 1. The molecule has 0 fully saturated rings. The number of aromatic nitrogens is 2. The van der Waals surface area contributed by atoms with Crippen molar-refractivity contribution in [3.63, 3.8) is 0 Å². The molecule has 7 heteroatoms. The quantitative estimate of drug-likeness (QED) is 0.763. The van der Waals surface area contributed by atoms with E-state index in [1.807, 2.05) is 20.8 Å². The summed E-state index contributed by atoms with van der Waals surface area (Å²) < 4.78 is 0. The van der Waals surface area contributed by atoms with E-state index in [0.717, 1.165) is 5.01 Å². The lowest BCUT2D eigenvalue weighted by Crippen LogP contribution is -2.38. The lowest BCUT2D eigenvalue weighted by atomic mass is 9.98. The molecule has 1 heterocycles. The Morgan fingerprint density at radius 3 is 2.59 bits per heavy atom. The molecule has 6 nitrogen and oxygen atoms in total. The molecule has 3 N–H and O–H groups in total. The van der Waals surface area contributed by atoms with Crippen LogP contribution in [0.1, 0.15) is 32.7 Å². The number of nitrogens with zero attached hydrogens (tertiary/aromatic N) is 2. The third-order valence-electron chi connectivity index (χ3n) is 1.94. The van der Waals surface area contributed by atoms with E-state index in [0.29, 0.717) is 5.13 Å². The van der Waals surface area contributed by atoms with Gasteiger partial charge in [-0.1, -0.05) is 32.1 Å². The second-order valence-corrected chi connectivity index (χ2v) is 5.82. The van der Waals surface area contributed by atoms with Gasteiger partial charge in [-0.2, -0.15) is 0 Å². The number of anilines is 1. The molecule has 17 heavy (non-hydrogen) atoms. The Balaban J connectivity index is 2.58. The van der Waals surface area contributed by atoms with Crippen LogP contribution in [-0.4, -0.2) is 34.0 Å². The van der Waals surface area contributed by atoms with Gasteiger partial charge >= 0.3 is 6.03 Å². The summed E-state index contributed by atoms with van der Waals surface area (Å²) >= 11 is 1.35. The van der Waals surface area contributed by atoms with Crippen LogP contribution in [0, 0.1) is 0 Å². The van der Waals surface area contributed by atoms with Crippen LogP contribution in [0.25, 0.3) is 0 Å². The van der Waals surface area contributed by atoms with Crippen LogP contribution in [0.2, 0.25) is 0 Å². The van der Waals surface area contributed by atoms with Crippen molar-refractivity contribution in [3.05, 3.63) is 5.01 Å². The molecular formula is C10H18N4O2S. The zero-order valence-electron chi connectivity index (χ0n) is 10.4. The molecule has 2 amide bonds. The van der Waals surface area contributed by atoms with E-state index >= 15 is 0 Å². The highest BCUT2D eigenvalue weighted by Crippen LogP contribution is 2.27. The maximum atomic E-state index is 11.4. The third kappa shape index (κ3) is 4.27. The van der Waals surface area contributed by atoms with Gasteiger partial charge in [0.25, 0.3) is 0 Å². The van der Waals surface area contributed by atoms with Crippen molar-refractivity contribution < 1.29 is 9.90 Å². The summed E-state index contributed by atoms with van der Waals surface area (Å²) in [5.41, 5.74) is -0.0769. The topological polar surface area (TPSA) is 87.1 Å². The van der Waals surface area contributed by atoms with Crippen LogP contribution in [0.5, 0.6) is 0 Å². The van der Waals surface area contributed by atoms with Crippen LogP contribution in [-0.2, 0) is 5.41 Å². The predicted octanol–water partition coefficient (Wildman–Crippen LogP) is 1.34. The number of carbonyl (C=O) groups excluding carboxylic acids is 1. The molecule has 0 aromatic carbocycles. The van der Waals surface area contributed by atoms with Crippen LogP contribution in [0.15, 0.2) is 0 Å². The van der Waals surface area contributed by atoms with E-state index in [-0.39, 0.29) is 24.1 Å². The van der Waals surface area contributed by atoms with Gasteiger partial charge in [0.1, 0.15) is 5.01 Å². The number of hydrogen-bond acceptors (Lipinski definition) is 5. The molecule has 1 rings (SSSR count). The highest BCUT2D eigenvalue weighted by atomic mass is 32.1. The fourth-order valence-corrected chi connectivity index (χ4v) is 1.78. The van der Waals surface area contributed by atoms with Crippen LogP contribution in [0.4, 0.5) is 9.93 Å². The molecule has 0 bridgehead atoms. The molecule has 0 aliphatic rings. The van der Waals surface area contributed by atoms with Crippen LogP contribution < -0.4 is 10.6 Å². The number of nitrogens with one attached hydrogen (secondary N) is 2. The minimum absolute atomic E-state index is 0.0769. The van der Waals surface area contributed by atoms with Gasteiger partial charge in [0, 0.05) is 5.41 Å². The van der Waals surface area contributed by atoms with Gasteiger partial charge in [0.15, 0.2) is 0 Å². The number of amides is 2. The lowest BCUT2D eigenvalue weighted by molar-refractivity contribution is 0.229. The fourth-order valence-electron chi connectivity index (χ4n) is 0.979. The van der Waals surface area contributed by atoms with E-state index in [4.69, 9.17) is 5.11 Å². The van der Waals surface area contributed by atoms with Crippen molar-refractivity contribution in [3.8, 4) is 0 Å². The summed E-state index contributed by atoms with van der Waals surface area (Å²) in [5.74, 6) is 0. The Hall–Kier alpha value is -1.21. The molecule has 0 saturated carbocycles. The maximum Gasteiger partial charge on any atom is 0.321 e. The fraction of sp³-hybridized carbons (Fsp3) is 0.700. The van der Waals surface area contributed by atoms with E-state index in [9.17, 15) is 4.79 Å². The molecule has 0 aliphatic carbocycles. The number of hydrogen-bond donors (Lipinski definition) is 3. The molecule has 1 atom stereocenters. The number of aliphatic hydroxyl groups is 1. The van der Waals surface area contributed by atoms with Crippen molar-refractivity contribution in [1.29, 1.82) is 0 Å². The zero-order valence-corrected chi connectivity index (χ0v) is 11.3. The first-order chi connectivity index (χ1) is 7.82. The van der Waals surface area contributed by atoms with Gasteiger partial charge in [-0.15, -0.1) is 10.2 Å². The third-order valence-corrected chi connectivity index (χ3v) is 3.20. The van der Waals surface area contributed by atoms with Crippen molar-refractivity contribution in [1.82, 2.24) is 15.5 Å². The van der Waals surface area contributed by atoms with E-state index in [1.54, 1.807) is 6.92 Å². The van der Waals surface area contributed by atoms with Gasteiger partial charge < -0.3 is 10.4 Å². The van der Waals surface area contributed by atoms with Gasteiger partial charge in [0.05, 0.1) is 12.6 Å². The molecule has 0 spiro atoms. The van der Waals surface area contributed by atoms with Gasteiger partial charge in [-0.25, -0.2) is 4.79 Å². The molecule has 1 aromatic heterocycles. The monoisotopic (exact) mass is 258 g/mol. The number of aliphatic hydroxyl groups excluding tert-OH is 1. The van der Waals surface area contributed by atoms with Crippen molar-refractivity contribution >= 4 is 22.5 Å². The van der Waals surface area contributed by atoms with Crippen molar-refractivity contribution in [2.75, 3.05) is 11.9 Å². The Morgan fingerprint density at radius 2 is 2.12 bits per heavy atom. The first-order valence-corrected chi connectivity index (χ1v) is 6.17. The summed E-state index contributed by atoms with van der Waals surface area (Å²) in [6.07, 6.45) is 0. The SMILES string of the molecule is CC(CO)NC(=O)Nc1nnc(C(C)(C)C)s1. The molecule has 96 valence electrons. The van der Waals surface area contributed by atoms with E-state index < -0.39 is 0 Å². The Bertz CT molecular complexity index is 386. The average molecular weight is 258 g/mol. The molecule has 1 aromatic rings. The maximum absolute atomic E-state index is 11.4. The Kier molecular flexibility index (Phi) is 4.41. The predicted molar refractivity (Wildman–Crippen MR) is 67.3 cm³/mol. The second kappa shape index (κ2) is 5.42. The average Bonchev–Trinajstić information content (AvgIpc) is 2.65. The molecule has 1 unspecified atom stereocenters. The summed E-state index contributed by atoms with van der Waals surface area (Å²) in [6.45, 7) is 7.71. The lowest BCUT2D eigenvalue weighted by Gasteiger charge is -2.12. The largest absolute Gasteiger partial charge is 0.394 e. The van der Waals surface area contributed by atoms with Crippen LogP contribution in [0.3, 0.4) is 0 Å². The Morgan fingerprint density at radius 1 is 1.47 bits per heavy atom. The van der Waals surface area contributed by atoms with Gasteiger partial charge in [0.2, 0.25) is 5.13 Å². The smallest absolute Gasteiger partial charge is 0.321 e. The zero-order chi connectivity index (χ0) is 13.1. The van der Waals surface area contributed by atoms with Crippen LogP contribution >= 0.6 is 11.3 Å². The van der Waals surface area contributed by atoms with Gasteiger partial charge in [-0.3, -0.25) is 5.32 Å². The van der Waals surface area contributed by atoms with Crippen molar-refractivity contribution in [2.45, 2.75) is 39.2 Å². The second-order valence-electron chi connectivity index (χ2n) is 4.84. The highest BCUT2D eigenvalue weighted by Gasteiger charge is 2.20. The van der Waals surface area contributed by atoms with E-state index in [1.165, 1.54) is 11.3 Å². The molecule has 0 aliphatic heterocycles. The molecular weight excluding hydrogens is 240 g/mol. The Labute approximate surface area is 104 Å². The molecule has 0 radical (unpaired) electrons. The number of rotatable bonds is 3. The van der Waals surface area contributed by atoms with Gasteiger partial charge in [-0.05, 0) is 6.92 Å². The summed E-state index contributed by atoms with van der Waals surface area (Å²) in [4.78, 5) is 11.4. The first-order valence-electron chi connectivity index (χ1n) is 5.35.